The molecule has 2 aromatic heterocycles. The number of nitrogens with zero attached hydrogens (tertiary/aromatic N) is 5. The Labute approximate surface area is 155 Å². The van der Waals surface area contributed by atoms with E-state index < -0.39 is 0 Å². The fraction of sp³-hybridized carbons (Fsp3) is 0.526. The summed E-state index contributed by atoms with van der Waals surface area (Å²) < 4.78 is 1.96. The van der Waals surface area contributed by atoms with E-state index in [0.29, 0.717) is 12.6 Å². The van der Waals surface area contributed by atoms with Crippen LogP contribution in [-0.4, -0.2) is 58.6 Å². The van der Waals surface area contributed by atoms with Gasteiger partial charge in [0.2, 0.25) is 5.82 Å². The van der Waals surface area contributed by atoms with Crippen LogP contribution in [0.4, 0.5) is 5.82 Å². The van der Waals surface area contributed by atoms with Gasteiger partial charge >= 0.3 is 0 Å². The van der Waals surface area contributed by atoms with E-state index in [1.165, 1.54) is 0 Å². The lowest BCUT2D eigenvalue weighted by molar-refractivity contribution is 0.0940. The highest BCUT2D eigenvalue weighted by Gasteiger charge is 2.27. The average Bonchev–Trinajstić information content (AvgIpc) is 3.24. The van der Waals surface area contributed by atoms with Crippen LogP contribution in [0.1, 0.15) is 33.9 Å². The molecule has 1 fully saturated rings. The van der Waals surface area contributed by atoms with Crippen molar-refractivity contribution in [1.82, 2.24) is 24.8 Å². The van der Waals surface area contributed by atoms with Gasteiger partial charge in [0.15, 0.2) is 0 Å². The average molecular weight is 356 g/mol. The Morgan fingerprint density at radius 3 is 2.73 bits per heavy atom. The molecule has 2 aromatic rings. The fourth-order valence-electron chi connectivity index (χ4n) is 3.31. The number of carbonyl (C=O) groups is 1. The van der Waals surface area contributed by atoms with Gasteiger partial charge in [0, 0.05) is 56.4 Å². The number of likely N-dealkylation sites (N-methyl/N-ethyl adjacent to an activating group) is 1. The third-order valence-electron chi connectivity index (χ3n) is 5.11. The van der Waals surface area contributed by atoms with Gasteiger partial charge in [0.05, 0.1) is 0 Å². The Kier molecular flexibility index (Phi) is 5.27. The first-order valence-corrected chi connectivity index (χ1v) is 9.01. The van der Waals surface area contributed by atoms with E-state index in [0.717, 1.165) is 42.1 Å². The molecule has 7 heteroatoms. The number of hydrogen-bond acceptors (Lipinski definition) is 5. The lowest BCUT2D eigenvalue weighted by Crippen LogP contribution is -2.33. The van der Waals surface area contributed by atoms with Gasteiger partial charge in [-0.05, 0) is 46.0 Å². The Morgan fingerprint density at radius 2 is 2.12 bits per heavy atom. The minimum Gasteiger partial charge on any atom is -0.357 e. The number of nitrogens with one attached hydrogen (secondary N) is 1. The van der Waals surface area contributed by atoms with Gasteiger partial charge in [-0.3, -0.25) is 4.79 Å². The summed E-state index contributed by atoms with van der Waals surface area (Å²) in [5.41, 5.74) is 2.95. The van der Waals surface area contributed by atoms with Crippen molar-refractivity contribution in [2.24, 2.45) is 7.05 Å². The van der Waals surface area contributed by atoms with Crippen LogP contribution in [0.3, 0.4) is 0 Å². The highest BCUT2D eigenvalue weighted by molar-refractivity contribution is 5.91. The maximum absolute atomic E-state index is 12.6. The number of aromatic nitrogens is 3. The number of amides is 1. The third-order valence-corrected chi connectivity index (χ3v) is 5.11. The van der Waals surface area contributed by atoms with Crippen molar-refractivity contribution >= 4 is 11.7 Å². The van der Waals surface area contributed by atoms with Crippen LogP contribution in [0, 0.1) is 13.8 Å². The van der Waals surface area contributed by atoms with Gasteiger partial charge < -0.3 is 19.7 Å². The van der Waals surface area contributed by atoms with Crippen molar-refractivity contribution < 1.29 is 4.79 Å². The molecule has 1 amide bonds. The fourth-order valence-corrected chi connectivity index (χ4v) is 3.31. The number of carbonyl (C=O) groups excluding carboxylic acids is 1. The molecule has 1 saturated heterocycles. The molecule has 0 radical (unpaired) electrons. The molecule has 7 nitrogen and oxygen atoms in total. The molecule has 1 aliphatic rings. The topological polar surface area (TPSA) is 66.3 Å². The molecule has 3 heterocycles. The second-order valence-electron chi connectivity index (χ2n) is 7.30. The monoisotopic (exact) mass is 356 g/mol. The summed E-state index contributed by atoms with van der Waals surface area (Å²) in [6.07, 6.45) is 5.05. The number of hydrogen-bond donors (Lipinski definition) is 1. The Balaban J connectivity index is 1.76. The van der Waals surface area contributed by atoms with Crippen LogP contribution in [-0.2, 0) is 13.6 Å². The number of aryl methyl sites for hydroxylation is 2. The minimum absolute atomic E-state index is 0.235. The van der Waals surface area contributed by atoms with E-state index in [4.69, 9.17) is 0 Å². The van der Waals surface area contributed by atoms with Crippen LogP contribution in [0.5, 0.6) is 0 Å². The summed E-state index contributed by atoms with van der Waals surface area (Å²) in [5, 5.41) is 2.92. The van der Waals surface area contributed by atoms with E-state index >= 15 is 0 Å². The van der Waals surface area contributed by atoms with Crippen molar-refractivity contribution in [2.45, 2.75) is 32.9 Å². The normalized spacial score (nSPS) is 17.2. The van der Waals surface area contributed by atoms with E-state index in [1.54, 1.807) is 0 Å². The molecule has 1 aliphatic heterocycles. The lowest BCUT2D eigenvalue weighted by Gasteiger charge is -2.23. The second-order valence-corrected chi connectivity index (χ2v) is 7.30. The van der Waals surface area contributed by atoms with Crippen molar-refractivity contribution in [2.75, 3.05) is 32.1 Å². The van der Waals surface area contributed by atoms with E-state index in [2.05, 4.69) is 39.2 Å². The number of rotatable bonds is 5. The molecule has 3 rings (SSSR count). The molecule has 1 atom stereocenters. The molecule has 140 valence electrons. The SMILES string of the molecule is Cc1nc(C(=O)NCc2ccn(C)c2)nc(N2CC[C@@H](N(C)C)C2)c1C. The van der Waals surface area contributed by atoms with Crippen molar-refractivity contribution in [3.63, 3.8) is 0 Å². The molecule has 0 bridgehead atoms. The molecular formula is C19H28N6O. The molecule has 0 aromatic carbocycles. The zero-order valence-corrected chi connectivity index (χ0v) is 16.3. The zero-order valence-electron chi connectivity index (χ0n) is 16.3. The van der Waals surface area contributed by atoms with Crippen molar-refractivity contribution in [3.05, 3.63) is 41.1 Å². The highest BCUT2D eigenvalue weighted by Crippen LogP contribution is 2.25. The van der Waals surface area contributed by atoms with Gasteiger partial charge in [-0.15, -0.1) is 0 Å². The van der Waals surface area contributed by atoms with Crippen LogP contribution in [0.25, 0.3) is 0 Å². The number of anilines is 1. The molecule has 0 saturated carbocycles. The minimum atomic E-state index is -0.235. The van der Waals surface area contributed by atoms with Crippen LogP contribution in [0.2, 0.25) is 0 Å². The Hall–Kier alpha value is -2.41. The Bertz CT molecular complexity index is 797. The van der Waals surface area contributed by atoms with E-state index in [9.17, 15) is 4.79 Å². The molecule has 26 heavy (non-hydrogen) atoms. The summed E-state index contributed by atoms with van der Waals surface area (Å²) in [4.78, 5) is 26.1. The molecule has 1 N–H and O–H groups in total. The summed E-state index contributed by atoms with van der Waals surface area (Å²) in [6, 6.07) is 2.50. The van der Waals surface area contributed by atoms with E-state index in [1.807, 2.05) is 43.9 Å². The first-order chi connectivity index (χ1) is 12.3. The highest BCUT2D eigenvalue weighted by atomic mass is 16.2. The molecule has 0 aliphatic carbocycles. The zero-order chi connectivity index (χ0) is 18.8. The van der Waals surface area contributed by atoms with Crippen LogP contribution >= 0.6 is 0 Å². The van der Waals surface area contributed by atoms with Crippen molar-refractivity contribution in [1.29, 1.82) is 0 Å². The quantitative estimate of drug-likeness (QED) is 0.879. The summed E-state index contributed by atoms with van der Waals surface area (Å²) in [5.74, 6) is 0.889. The second kappa shape index (κ2) is 7.45. The summed E-state index contributed by atoms with van der Waals surface area (Å²) in [7, 11) is 6.17. The molecule has 0 unspecified atom stereocenters. The summed E-state index contributed by atoms with van der Waals surface area (Å²) in [6.45, 7) is 6.31. The standard InChI is InChI=1S/C19H28N6O/c1-13-14(2)21-17(19(26)20-10-15-6-8-24(5)11-15)22-18(13)25-9-7-16(12-25)23(3)4/h6,8,11,16H,7,9-10,12H2,1-5H3,(H,20,26)/t16-/m1/s1. The van der Waals surface area contributed by atoms with Crippen LogP contribution < -0.4 is 10.2 Å². The van der Waals surface area contributed by atoms with Crippen molar-refractivity contribution in [3.8, 4) is 0 Å². The van der Waals surface area contributed by atoms with Gasteiger partial charge in [-0.25, -0.2) is 9.97 Å². The summed E-state index contributed by atoms with van der Waals surface area (Å²) >= 11 is 0. The Morgan fingerprint density at radius 1 is 1.35 bits per heavy atom. The predicted molar refractivity (Wildman–Crippen MR) is 102 cm³/mol. The smallest absolute Gasteiger partial charge is 0.289 e. The van der Waals surface area contributed by atoms with E-state index in [-0.39, 0.29) is 11.7 Å². The largest absolute Gasteiger partial charge is 0.357 e. The van der Waals surface area contributed by atoms with Gasteiger partial charge in [0.1, 0.15) is 5.82 Å². The van der Waals surface area contributed by atoms with Gasteiger partial charge in [0.25, 0.3) is 5.91 Å². The predicted octanol–water partition coefficient (Wildman–Crippen LogP) is 1.50. The lowest BCUT2D eigenvalue weighted by atomic mass is 10.2. The maximum Gasteiger partial charge on any atom is 0.289 e. The third kappa shape index (κ3) is 3.88. The van der Waals surface area contributed by atoms with Gasteiger partial charge in [-0.2, -0.15) is 0 Å². The molecular weight excluding hydrogens is 328 g/mol. The van der Waals surface area contributed by atoms with Gasteiger partial charge in [-0.1, -0.05) is 0 Å². The first kappa shape index (κ1) is 18.4. The van der Waals surface area contributed by atoms with Crippen LogP contribution in [0.15, 0.2) is 18.5 Å². The maximum atomic E-state index is 12.6. The first-order valence-electron chi connectivity index (χ1n) is 9.01. The molecule has 0 spiro atoms.